The van der Waals surface area contributed by atoms with Crippen molar-refractivity contribution in [3.05, 3.63) is 40.4 Å². The van der Waals surface area contributed by atoms with Gasteiger partial charge in [-0.05, 0) is 84.6 Å². The molecule has 3 aromatic rings. The van der Waals surface area contributed by atoms with E-state index in [4.69, 9.17) is 30.8 Å². The number of halogens is 1. The van der Waals surface area contributed by atoms with E-state index >= 15 is 0 Å². The largest absolute Gasteiger partial charge is 0.490 e. The molecule has 0 spiro atoms. The highest BCUT2D eigenvalue weighted by atomic mass is 35.5. The highest BCUT2D eigenvalue weighted by Crippen LogP contribution is 2.40. The smallest absolute Gasteiger partial charge is 0.260 e. The number of nitrogens with zero attached hydrogens (tertiary/aromatic N) is 3. The maximum absolute atomic E-state index is 13.9. The third kappa shape index (κ3) is 6.57. The SMILES string of the molecule is CCOc1cc(C(=O)N(CCCN(C)C)c2nc3c(C)cc(Cl)cc3s2)cc(OCC)c1OCC. The predicted octanol–water partition coefficient (Wildman–Crippen LogP) is 6.05. The first-order valence-corrected chi connectivity index (χ1v) is 13.1. The first-order chi connectivity index (χ1) is 16.8. The van der Waals surface area contributed by atoms with Crippen LogP contribution in [0, 0.1) is 6.92 Å². The number of anilines is 1. The zero-order valence-corrected chi connectivity index (χ0v) is 22.9. The minimum atomic E-state index is -0.170. The van der Waals surface area contributed by atoms with Gasteiger partial charge in [-0.15, -0.1) is 0 Å². The lowest BCUT2D eigenvalue weighted by Crippen LogP contribution is -2.33. The van der Waals surface area contributed by atoms with Crippen molar-refractivity contribution < 1.29 is 19.0 Å². The Morgan fingerprint density at radius 2 is 1.60 bits per heavy atom. The van der Waals surface area contributed by atoms with Crippen LogP contribution in [-0.2, 0) is 0 Å². The quantitative estimate of drug-likeness (QED) is 0.290. The normalized spacial score (nSPS) is 11.2. The Hall–Kier alpha value is -2.55. The molecule has 0 saturated carbocycles. The summed E-state index contributed by atoms with van der Waals surface area (Å²) in [7, 11) is 4.04. The maximum atomic E-state index is 13.9. The van der Waals surface area contributed by atoms with Crippen molar-refractivity contribution in [3.63, 3.8) is 0 Å². The van der Waals surface area contributed by atoms with Gasteiger partial charge in [-0.1, -0.05) is 22.9 Å². The molecule has 0 unspecified atom stereocenters. The molecule has 0 N–H and O–H groups in total. The molecule has 9 heteroatoms. The van der Waals surface area contributed by atoms with Crippen LogP contribution in [0.2, 0.25) is 5.02 Å². The van der Waals surface area contributed by atoms with Gasteiger partial charge in [-0.2, -0.15) is 0 Å². The van der Waals surface area contributed by atoms with E-state index in [1.54, 1.807) is 17.0 Å². The van der Waals surface area contributed by atoms with E-state index in [1.165, 1.54) is 11.3 Å². The van der Waals surface area contributed by atoms with Crippen molar-refractivity contribution in [2.45, 2.75) is 34.1 Å². The van der Waals surface area contributed by atoms with Crippen LogP contribution in [0.1, 0.15) is 43.1 Å². The van der Waals surface area contributed by atoms with Crippen molar-refractivity contribution in [1.29, 1.82) is 0 Å². The molecule has 0 atom stereocenters. The van der Waals surface area contributed by atoms with E-state index < -0.39 is 0 Å². The van der Waals surface area contributed by atoms with Crippen LogP contribution >= 0.6 is 22.9 Å². The number of hydrogen-bond donors (Lipinski definition) is 0. The predicted molar refractivity (Wildman–Crippen MR) is 144 cm³/mol. The number of rotatable bonds is 12. The van der Waals surface area contributed by atoms with Crippen molar-refractivity contribution in [1.82, 2.24) is 9.88 Å². The molecule has 0 bridgehead atoms. The molecule has 0 aliphatic rings. The number of aryl methyl sites for hydroxylation is 1. The van der Waals surface area contributed by atoms with Gasteiger partial charge < -0.3 is 19.1 Å². The van der Waals surface area contributed by atoms with Crippen LogP contribution in [0.15, 0.2) is 24.3 Å². The van der Waals surface area contributed by atoms with Crippen LogP contribution in [0.4, 0.5) is 5.13 Å². The third-order valence-electron chi connectivity index (χ3n) is 5.26. The van der Waals surface area contributed by atoms with Gasteiger partial charge in [0, 0.05) is 17.1 Å². The Morgan fingerprint density at radius 1 is 0.971 bits per heavy atom. The minimum absolute atomic E-state index is 0.170. The number of carbonyl (C=O) groups is 1. The number of carbonyl (C=O) groups excluding carboxylic acids is 1. The second-order valence-corrected chi connectivity index (χ2v) is 9.73. The van der Waals surface area contributed by atoms with Crippen LogP contribution in [0.5, 0.6) is 17.2 Å². The Morgan fingerprint density at radius 3 is 2.17 bits per heavy atom. The van der Waals surface area contributed by atoms with E-state index in [-0.39, 0.29) is 5.91 Å². The van der Waals surface area contributed by atoms with E-state index in [1.807, 2.05) is 53.9 Å². The molecule has 190 valence electrons. The van der Waals surface area contributed by atoms with Crippen LogP contribution in [0.25, 0.3) is 10.2 Å². The monoisotopic (exact) mass is 519 g/mol. The summed E-state index contributed by atoms with van der Waals surface area (Å²) in [4.78, 5) is 22.6. The molecule has 0 radical (unpaired) electrons. The Kier molecular flexibility index (Phi) is 9.60. The summed E-state index contributed by atoms with van der Waals surface area (Å²) in [5.74, 6) is 1.32. The molecule has 1 amide bonds. The average molecular weight is 520 g/mol. The Balaban J connectivity index is 2.08. The number of thiazole rings is 1. The minimum Gasteiger partial charge on any atom is -0.490 e. The molecule has 0 saturated heterocycles. The number of aromatic nitrogens is 1. The van der Waals surface area contributed by atoms with Gasteiger partial charge in [0.2, 0.25) is 5.75 Å². The average Bonchev–Trinajstić information content (AvgIpc) is 3.22. The number of ether oxygens (including phenoxy) is 3. The van der Waals surface area contributed by atoms with E-state index in [2.05, 4.69) is 4.90 Å². The number of hydrogen-bond acceptors (Lipinski definition) is 7. The molecule has 35 heavy (non-hydrogen) atoms. The molecule has 3 rings (SSSR count). The fourth-order valence-corrected chi connectivity index (χ4v) is 5.20. The molecule has 1 heterocycles. The molecule has 2 aromatic carbocycles. The summed E-state index contributed by atoms with van der Waals surface area (Å²) >= 11 is 7.74. The highest BCUT2D eigenvalue weighted by Gasteiger charge is 2.25. The van der Waals surface area contributed by atoms with Gasteiger partial charge in [0.05, 0.1) is 30.0 Å². The molecule has 0 aliphatic carbocycles. The van der Waals surface area contributed by atoms with Gasteiger partial charge >= 0.3 is 0 Å². The van der Waals surface area contributed by atoms with Gasteiger partial charge in [0.1, 0.15) is 0 Å². The second kappa shape index (κ2) is 12.4. The van der Waals surface area contributed by atoms with E-state index in [0.29, 0.717) is 59.3 Å². The van der Waals surface area contributed by atoms with Crippen molar-refractivity contribution in [3.8, 4) is 17.2 Å². The zero-order valence-electron chi connectivity index (χ0n) is 21.3. The fraction of sp³-hybridized carbons (Fsp3) is 0.462. The summed E-state index contributed by atoms with van der Waals surface area (Å²) in [6.45, 7) is 10.4. The van der Waals surface area contributed by atoms with Gasteiger partial charge in [-0.25, -0.2) is 4.98 Å². The molecule has 1 aromatic heterocycles. The molecular formula is C26H34ClN3O4S. The fourth-order valence-electron chi connectivity index (χ4n) is 3.76. The maximum Gasteiger partial charge on any atom is 0.260 e. The standard InChI is InChI=1S/C26H34ClN3O4S/c1-7-32-20-14-18(15-21(33-8-2)24(20)34-9-3)25(31)30(12-10-11-29(5)6)26-28-23-17(4)13-19(27)16-22(23)35-26/h13-16H,7-12H2,1-6H3. The number of amides is 1. The zero-order chi connectivity index (χ0) is 25.5. The number of fused-ring (bicyclic) bond motifs is 1. The van der Waals surface area contributed by atoms with Crippen molar-refractivity contribution >= 4 is 44.2 Å². The summed E-state index contributed by atoms with van der Waals surface area (Å²) in [6.07, 6.45) is 0.794. The lowest BCUT2D eigenvalue weighted by atomic mass is 10.1. The van der Waals surface area contributed by atoms with Gasteiger partial charge in [0.25, 0.3) is 5.91 Å². The van der Waals surface area contributed by atoms with E-state index in [0.717, 1.165) is 28.7 Å². The second-order valence-electron chi connectivity index (χ2n) is 8.28. The third-order valence-corrected chi connectivity index (χ3v) is 6.50. The Bertz CT molecular complexity index is 1140. The lowest BCUT2D eigenvalue weighted by molar-refractivity contribution is 0.0985. The lowest BCUT2D eigenvalue weighted by Gasteiger charge is -2.22. The summed E-state index contributed by atoms with van der Waals surface area (Å²) < 4.78 is 18.4. The molecule has 7 nitrogen and oxygen atoms in total. The van der Waals surface area contributed by atoms with Crippen LogP contribution in [-0.4, -0.2) is 62.8 Å². The van der Waals surface area contributed by atoms with Crippen LogP contribution < -0.4 is 19.1 Å². The summed E-state index contributed by atoms with van der Waals surface area (Å²) in [5, 5.41) is 1.30. The van der Waals surface area contributed by atoms with Crippen molar-refractivity contribution in [2.24, 2.45) is 0 Å². The molecule has 0 aliphatic heterocycles. The summed E-state index contributed by atoms with van der Waals surface area (Å²) in [5.41, 5.74) is 2.30. The summed E-state index contributed by atoms with van der Waals surface area (Å²) in [6, 6.07) is 7.24. The van der Waals surface area contributed by atoms with Crippen LogP contribution in [0.3, 0.4) is 0 Å². The van der Waals surface area contributed by atoms with Gasteiger partial charge in [0.15, 0.2) is 16.6 Å². The first-order valence-electron chi connectivity index (χ1n) is 11.9. The molecular weight excluding hydrogens is 486 g/mol. The topological polar surface area (TPSA) is 64.1 Å². The highest BCUT2D eigenvalue weighted by molar-refractivity contribution is 7.22. The Labute approximate surface area is 216 Å². The van der Waals surface area contributed by atoms with E-state index in [9.17, 15) is 4.79 Å². The van der Waals surface area contributed by atoms with Crippen molar-refractivity contribution in [2.75, 3.05) is 51.9 Å². The first kappa shape index (κ1) is 27.0. The number of benzene rings is 2. The van der Waals surface area contributed by atoms with Gasteiger partial charge in [-0.3, -0.25) is 9.69 Å². The molecule has 0 fully saturated rings.